The van der Waals surface area contributed by atoms with Crippen molar-refractivity contribution in [3.63, 3.8) is 0 Å². The second-order valence-electron chi connectivity index (χ2n) is 3.54. The number of hydrogen-bond acceptors (Lipinski definition) is 0. The molecule has 1 aliphatic carbocycles. The highest BCUT2D eigenvalue weighted by Gasteiger charge is 2.42. The monoisotopic (exact) mass is 220 g/mol. The molecule has 1 aromatic carbocycles. The summed E-state index contributed by atoms with van der Waals surface area (Å²) in [6.07, 6.45) is -2.57. The van der Waals surface area contributed by atoms with Crippen LogP contribution in [0.5, 0.6) is 0 Å². The smallest absolute Gasteiger partial charge is 0.166 e. The minimum absolute atomic E-state index is 0.385. The summed E-state index contributed by atoms with van der Waals surface area (Å²) in [6.45, 7) is 0. The van der Waals surface area contributed by atoms with Gasteiger partial charge in [0.2, 0.25) is 0 Å². The lowest BCUT2D eigenvalue weighted by atomic mass is 10.1. The molecule has 0 aromatic heterocycles. The molecular formula is C10H8ClF3. The van der Waals surface area contributed by atoms with E-state index in [-0.39, 0.29) is 4.87 Å². The van der Waals surface area contributed by atoms with Crippen LogP contribution in [0.1, 0.15) is 24.0 Å². The Hall–Kier alpha value is -0.700. The molecule has 0 saturated heterocycles. The third kappa shape index (κ3) is 1.73. The summed E-state index contributed by atoms with van der Waals surface area (Å²) in [6, 6.07) is 5.08. The van der Waals surface area contributed by atoms with E-state index in [0.29, 0.717) is 0 Å². The molecule has 14 heavy (non-hydrogen) atoms. The van der Waals surface area contributed by atoms with Crippen molar-refractivity contribution in [1.29, 1.82) is 0 Å². The van der Waals surface area contributed by atoms with Crippen LogP contribution in [-0.4, -0.2) is 0 Å². The molecule has 1 saturated carbocycles. The van der Waals surface area contributed by atoms with Crippen molar-refractivity contribution < 1.29 is 13.2 Å². The molecular weight excluding hydrogens is 213 g/mol. The number of alkyl halides is 4. The Balaban J connectivity index is 2.27. The van der Waals surface area contributed by atoms with Crippen molar-refractivity contribution in [2.75, 3.05) is 0 Å². The Bertz CT molecular complexity index is 311. The van der Waals surface area contributed by atoms with Crippen LogP contribution in [0.4, 0.5) is 13.2 Å². The topological polar surface area (TPSA) is 0 Å². The summed E-state index contributed by atoms with van der Waals surface area (Å²) in [5, 5.41) is 0. The van der Waals surface area contributed by atoms with E-state index in [1.54, 1.807) is 0 Å². The van der Waals surface area contributed by atoms with Crippen LogP contribution in [-0.2, 0) is 11.1 Å². The highest BCUT2D eigenvalue weighted by atomic mass is 35.5. The van der Waals surface area contributed by atoms with Crippen molar-refractivity contribution in [3.8, 4) is 0 Å². The van der Waals surface area contributed by atoms with Crippen LogP contribution >= 0.6 is 11.6 Å². The fourth-order valence-corrected chi connectivity index (χ4v) is 1.58. The molecule has 0 nitrogen and oxygen atoms in total. The molecule has 0 bridgehead atoms. The molecule has 0 N–H and O–H groups in total. The van der Waals surface area contributed by atoms with Gasteiger partial charge in [-0.05, 0) is 30.5 Å². The van der Waals surface area contributed by atoms with Crippen molar-refractivity contribution in [2.24, 2.45) is 0 Å². The van der Waals surface area contributed by atoms with Gasteiger partial charge in [0.25, 0.3) is 0 Å². The van der Waals surface area contributed by atoms with Crippen molar-refractivity contribution in [2.45, 2.75) is 23.9 Å². The minimum atomic E-state index is -4.26. The van der Waals surface area contributed by atoms with Gasteiger partial charge in [0.15, 0.2) is 0 Å². The van der Waals surface area contributed by atoms with Gasteiger partial charge in [0.05, 0.1) is 10.4 Å². The summed E-state index contributed by atoms with van der Waals surface area (Å²) in [4.78, 5) is -0.385. The molecule has 0 heterocycles. The van der Waals surface area contributed by atoms with E-state index in [2.05, 4.69) is 0 Å². The van der Waals surface area contributed by atoms with Crippen LogP contribution in [0.15, 0.2) is 24.3 Å². The lowest BCUT2D eigenvalue weighted by Crippen LogP contribution is -2.05. The highest BCUT2D eigenvalue weighted by Crippen LogP contribution is 2.52. The zero-order valence-corrected chi connectivity index (χ0v) is 7.99. The SMILES string of the molecule is FC(F)(F)c1ccc(C2(Cl)CC2)cc1. The van der Waals surface area contributed by atoms with Crippen molar-refractivity contribution in [1.82, 2.24) is 0 Å². The van der Waals surface area contributed by atoms with Crippen LogP contribution in [0, 0.1) is 0 Å². The largest absolute Gasteiger partial charge is 0.416 e. The third-order valence-corrected chi connectivity index (χ3v) is 3.01. The summed E-state index contributed by atoms with van der Waals surface area (Å²) in [7, 11) is 0. The van der Waals surface area contributed by atoms with Gasteiger partial charge in [-0.2, -0.15) is 13.2 Å². The van der Waals surface area contributed by atoms with Gasteiger partial charge in [-0.25, -0.2) is 0 Å². The van der Waals surface area contributed by atoms with E-state index < -0.39 is 11.7 Å². The molecule has 0 atom stereocenters. The lowest BCUT2D eigenvalue weighted by molar-refractivity contribution is -0.137. The maximum absolute atomic E-state index is 12.2. The Morgan fingerprint density at radius 2 is 1.57 bits per heavy atom. The van der Waals surface area contributed by atoms with E-state index >= 15 is 0 Å². The van der Waals surface area contributed by atoms with Crippen LogP contribution in [0.2, 0.25) is 0 Å². The maximum atomic E-state index is 12.2. The summed E-state index contributed by atoms with van der Waals surface area (Å²) >= 11 is 6.06. The molecule has 0 unspecified atom stereocenters. The summed E-state index contributed by atoms with van der Waals surface area (Å²) in [5.41, 5.74) is 0.161. The first-order valence-electron chi connectivity index (χ1n) is 4.28. The molecule has 4 heteroatoms. The fraction of sp³-hybridized carbons (Fsp3) is 0.400. The van der Waals surface area contributed by atoms with Gasteiger partial charge in [-0.3, -0.25) is 0 Å². The Kier molecular flexibility index (Phi) is 2.03. The first-order valence-corrected chi connectivity index (χ1v) is 4.66. The summed E-state index contributed by atoms with van der Waals surface area (Å²) < 4.78 is 36.6. The third-order valence-electron chi connectivity index (χ3n) is 2.42. The van der Waals surface area contributed by atoms with Crippen molar-refractivity contribution >= 4 is 11.6 Å². The molecule has 1 aromatic rings. The number of benzene rings is 1. The number of hydrogen-bond donors (Lipinski definition) is 0. The normalized spacial score (nSPS) is 19.4. The number of rotatable bonds is 1. The molecule has 0 spiro atoms. The number of halogens is 4. The van der Waals surface area contributed by atoms with Gasteiger partial charge < -0.3 is 0 Å². The Morgan fingerprint density at radius 1 is 1.07 bits per heavy atom. The predicted octanol–water partition coefficient (Wildman–Crippen LogP) is 3.93. The Labute approximate surface area is 84.7 Å². The van der Waals surface area contributed by atoms with Crippen LogP contribution in [0.3, 0.4) is 0 Å². The fourth-order valence-electron chi connectivity index (χ4n) is 1.36. The average Bonchev–Trinajstić information content (AvgIpc) is 2.84. The standard InChI is InChI=1S/C10H8ClF3/c11-9(5-6-9)7-1-3-8(4-2-7)10(12,13)14/h1-4H,5-6H2. The van der Waals surface area contributed by atoms with Crippen molar-refractivity contribution in [3.05, 3.63) is 35.4 Å². The van der Waals surface area contributed by atoms with E-state index in [9.17, 15) is 13.2 Å². The molecule has 76 valence electrons. The van der Waals surface area contributed by atoms with Crippen LogP contribution < -0.4 is 0 Å². The van der Waals surface area contributed by atoms with E-state index in [1.807, 2.05) is 0 Å². The Morgan fingerprint density at radius 3 is 1.93 bits per heavy atom. The van der Waals surface area contributed by atoms with E-state index in [0.717, 1.165) is 30.5 Å². The quantitative estimate of drug-likeness (QED) is 0.629. The molecule has 1 fully saturated rings. The predicted molar refractivity (Wildman–Crippen MR) is 48.2 cm³/mol. The molecule has 1 aliphatic rings. The second-order valence-corrected chi connectivity index (χ2v) is 4.26. The molecule has 0 amide bonds. The molecule has 2 rings (SSSR count). The van der Waals surface area contributed by atoms with Gasteiger partial charge in [0.1, 0.15) is 0 Å². The molecule has 0 radical (unpaired) electrons. The highest BCUT2D eigenvalue weighted by molar-refractivity contribution is 6.25. The van der Waals surface area contributed by atoms with E-state index in [4.69, 9.17) is 11.6 Å². The van der Waals surface area contributed by atoms with Gasteiger partial charge >= 0.3 is 6.18 Å². The van der Waals surface area contributed by atoms with Gasteiger partial charge in [0, 0.05) is 0 Å². The zero-order chi connectivity index (χ0) is 10.4. The first kappa shape index (κ1) is 9.84. The van der Waals surface area contributed by atoms with Crippen LogP contribution in [0.25, 0.3) is 0 Å². The van der Waals surface area contributed by atoms with E-state index in [1.165, 1.54) is 12.1 Å². The second kappa shape index (κ2) is 2.89. The first-order chi connectivity index (χ1) is 6.42. The average molecular weight is 221 g/mol. The minimum Gasteiger partial charge on any atom is -0.166 e. The van der Waals surface area contributed by atoms with Gasteiger partial charge in [-0.1, -0.05) is 12.1 Å². The zero-order valence-electron chi connectivity index (χ0n) is 7.24. The summed E-state index contributed by atoms with van der Waals surface area (Å²) in [5.74, 6) is 0. The maximum Gasteiger partial charge on any atom is 0.416 e. The lowest BCUT2D eigenvalue weighted by Gasteiger charge is -2.09. The molecule has 0 aliphatic heterocycles. The van der Waals surface area contributed by atoms with Gasteiger partial charge in [-0.15, -0.1) is 11.6 Å².